The standard InChI is InChI=1S/C30H39F3N4OS/c1-20-35-25-16-36(19-30(31,32)33)18-29(27(25)39-20)17-34-15-24(29)28(38)37-13-12-23(21-8-4-2-5-9-21)14-26(37)22-10-6-3-7-11-22/h2,4-5,8-9,22-24,26,34H,3,6-7,10-19H2,1H3/p+2/t23-,24+,26+,29+/m1/s1. The number of carbonyl (C=O) groups is 1. The van der Waals surface area contributed by atoms with E-state index in [4.69, 9.17) is 0 Å². The van der Waals surface area contributed by atoms with Crippen LogP contribution in [0.3, 0.4) is 0 Å². The summed E-state index contributed by atoms with van der Waals surface area (Å²) >= 11 is 1.60. The number of piperidine rings is 1. The summed E-state index contributed by atoms with van der Waals surface area (Å²) in [7, 11) is 0. The fourth-order valence-corrected chi connectivity index (χ4v) is 9.52. The molecular formula is C30H41F3N4OS+2. The highest BCUT2D eigenvalue weighted by molar-refractivity contribution is 7.11. The highest BCUT2D eigenvalue weighted by atomic mass is 32.1. The molecular weight excluding hydrogens is 521 g/mol. The van der Waals surface area contributed by atoms with Gasteiger partial charge in [-0.05, 0) is 50.0 Å². The zero-order valence-electron chi connectivity index (χ0n) is 22.8. The molecule has 39 heavy (non-hydrogen) atoms. The number of fused-ring (bicyclic) bond motifs is 2. The molecule has 4 aliphatic rings. The van der Waals surface area contributed by atoms with E-state index in [-0.39, 0.29) is 24.4 Å². The normalized spacial score (nSPS) is 31.9. The number of carbonyl (C=O) groups excluding carboxylic acids is 1. The van der Waals surface area contributed by atoms with E-state index < -0.39 is 18.1 Å². The van der Waals surface area contributed by atoms with Crippen LogP contribution in [0.15, 0.2) is 30.3 Å². The lowest BCUT2D eigenvalue weighted by Crippen LogP contribution is -3.15. The second-order valence-electron chi connectivity index (χ2n) is 12.5. The van der Waals surface area contributed by atoms with Gasteiger partial charge in [0.2, 0.25) is 5.91 Å². The van der Waals surface area contributed by atoms with Crippen molar-refractivity contribution in [3.05, 3.63) is 51.5 Å². The maximum absolute atomic E-state index is 14.6. The van der Waals surface area contributed by atoms with Crippen molar-refractivity contribution in [2.45, 2.75) is 82.0 Å². The first-order valence-electron chi connectivity index (χ1n) is 14.8. The van der Waals surface area contributed by atoms with Crippen molar-refractivity contribution in [2.24, 2.45) is 11.8 Å². The van der Waals surface area contributed by atoms with E-state index in [1.807, 2.05) is 6.92 Å². The zero-order valence-corrected chi connectivity index (χ0v) is 23.6. The Morgan fingerprint density at radius 3 is 2.69 bits per heavy atom. The number of amides is 1. The van der Waals surface area contributed by atoms with Crippen molar-refractivity contribution in [1.29, 1.82) is 0 Å². The molecule has 212 valence electrons. The Hall–Kier alpha value is -1.97. The maximum atomic E-state index is 14.6. The Morgan fingerprint density at radius 2 is 1.95 bits per heavy atom. The molecule has 4 heterocycles. The Morgan fingerprint density at radius 1 is 1.18 bits per heavy atom. The van der Waals surface area contributed by atoms with Gasteiger partial charge < -0.3 is 15.1 Å². The first-order valence-corrected chi connectivity index (χ1v) is 15.6. The van der Waals surface area contributed by atoms with Crippen LogP contribution in [0.2, 0.25) is 0 Å². The Balaban J connectivity index is 1.31. The largest absolute Gasteiger partial charge is 0.438 e. The summed E-state index contributed by atoms with van der Waals surface area (Å²) in [6.07, 6.45) is 3.73. The number of likely N-dealkylation sites (tertiary alicyclic amines) is 1. The van der Waals surface area contributed by atoms with Crippen molar-refractivity contribution in [3.63, 3.8) is 0 Å². The Kier molecular flexibility index (Phi) is 7.52. The number of quaternary nitrogens is 2. The van der Waals surface area contributed by atoms with Gasteiger partial charge in [0.25, 0.3) is 0 Å². The van der Waals surface area contributed by atoms with Gasteiger partial charge in [-0.2, -0.15) is 13.2 Å². The minimum atomic E-state index is -4.24. The van der Waals surface area contributed by atoms with Gasteiger partial charge in [0.1, 0.15) is 23.6 Å². The number of rotatable bonds is 4. The lowest BCUT2D eigenvalue weighted by Gasteiger charge is -2.47. The van der Waals surface area contributed by atoms with E-state index >= 15 is 0 Å². The lowest BCUT2D eigenvalue weighted by molar-refractivity contribution is -0.931. The molecule has 0 radical (unpaired) electrons. The van der Waals surface area contributed by atoms with Crippen molar-refractivity contribution in [1.82, 2.24) is 9.88 Å². The number of hydrogen-bond donors (Lipinski definition) is 2. The molecule has 1 aliphatic carbocycles. The van der Waals surface area contributed by atoms with Crippen molar-refractivity contribution in [2.75, 3.05) is 32.7 Å². The van der Waals surface area contributed by atoms with E-state index in [0.29, 0.717) is 36.4 Å². The van der Waals surface area contributed by atoms with Gasteiger partial charge in [-0.3, -0.25) is 4.79 Å². The molecule has 3 N–H and O–H groups in total. The van der Waals surface area contributed by atoms with Crippen LogP contribution >= 0.6 is 11.3 Å². The molecule has 1 aromatic carbocycles. The summed E-state index contributed by atoms with van der Waals surface area (Å²) in [5.41, 5.74) is 1.56. The zero-order chi connectivity index (χ0) is 27.2. The van der Waals surface area contributed by atoms with Gasteiger partial charge in [-0.1, -0.05) is 49.6 Å². The van der Waals surface area contributed by atoms with Crippen LogP contribution in [-0.4, -0.2) is 60.7 Å². The Labute approximate surface area is 233 Å². The number of hydrogen-bond acceptors (Lipinski definition) is 3. The summed E-state index contributed by atoms with van der Waals surface area (Å²) < 4.78 is 40.7. The maximum Gasteiger partial charge on any atom is 0.438 e. The van der Waals surface area contributed by atoms with Gasteiger partial charge in [0.05, 0.1) is 29.5 Å². The van der Waals surface area contributed by atoms with E-state index in [0.717, 1.165) is 35.0 Å². The topological polar surface area (TPSA) is 54.2 Å². The Bertz CT molecular complexity index is 1160. The minimum absolute atomic E-state index is 0.177. The quantitative estimate of drug-likeness (QED) is 0.602. The fraction of sp³-hybridized carbons (Fsp3) is 0.667. The molecule has 1 aromatic heterocycles. The van der Waals surface area contributed by atoms with Gasteiger partial charge in [0, 0.05) is 12.6 Å². The fourth-order valence-electron chi connectivity index (χ4n) is 8.34. The number of aryl methyl sites for hydroxylation is 1. The minimum Gasteiger partial charge on any atom is -0.345 e. The molecule has 3 fully saturated rings. The summed E-state index contributed by atoms with van der Waals surface area (Å²) in [5, 5.41) is 3.05. The summed E-state index contributed by atoms with van der Waals surface area (Å²) in [6.45, 7) is 3.73. The van der Waals surface area contributed by atoms with Gasteiger partial charge in [-0.15, -0.1) is 11.3 Å². The van der Waals surface area contributed by atoms with Crippen molar-refractivity contribution in [3.8, 4) is 0 Å². The predicted molar refractivity (Wildman–Crippen MR) is 145 cm³/mol. The number of thiazole rings is 1. The van der Waals surface area contributed by atoms with Crippen molar-refractivity contribution < 1.29 is 28.2 Å². The average Bonchev–Trinajstić information content (AvgIpc) is 3.51. The van der Waals surface area contributed by atoms with Crippen LogP contribution in [0.5, 0.6) is 0 Å². The summed E-state index contributed by atoms with van der Waals surface area (Å²) in [4.78, 5) is 23.1. The first kappa shape index (κ1) is 27.2. The summed E-state index contributed by atoms with van der Waals surface area (Å²) in [6, 6.07) is 10.9. The monoisotopic (exact) mass is 562 g/mol. The lowest BCUT2D eigenvalue weighted by atomic mass is 9.71. The number of nitrogens with zero attached hydrogens (tertiary/aromatic N) is 2. The number of nitrogens with one attached hydrogen (secondary N) is 1. The molecule has 2 aromatic rings. The van der Waals surface area contributed by atoms with Crippen LogP contribution in [0.4, 0.5) is 13.2 Å². The summed E-state index contributed by atoms with van der Waals surface area (Å²) in [5.74, 6) is 0.828. The van der Waals surface area contributed by atoms with Crippen LogP contribution in [-0.2, 0) is 16.8 Å². The molecule has 1 spiro atoms. The number of nitrogens with two attached hydrogens (primary N) is 1. The molecule has 2 saturated heterocycles. The van der Waals surface area contributed by atoms with Gasteiger partial charge in [0.15, 0.2) is 6.54 Å². The molecule has 0 bridgehead atoms. The molecule has 1 saturated carbocycles. The van der Waals surface area contributed by atoms with Crippen LogP contribution in [0.1, 0.15) is 72.0 Å². The molecule has 3 aliphatic heterocycles. The van der Waals surface area contributed by atoms with Crippen LogP contribution < -0.4 is 10.2 Å². The number of aromatic nitrogens is 1. The molecule has 9 heteroatoms. The second kappa shape index (κ2) is 10.8. The number of alkyl halides is 3. The third-order valence-electron chi connectivity index (χ3n) is 9.96. The highest BCUT2D eigenvalue weighted by Crippen LogP contribution is 2.44. The smallest absolute Gasteiger partial charge is 0.345 e. The van der Waals surface area contributed by atoms with Crippen LogP contribution in [0.25, 0.3) is 0 Å². The average molecular weight is 563 g/mol. The molecule has 1 unspecified atom stereocenters. The first-order chi connectivity index (χ1) is 18.7. The third kappa shape index (κ3) is 5.38. The molecule has 1 amide bonds. The molecule has 5 atom stereocenters. The van der Waals surface area contributed by atoms with Crippen LogP contribution in [0, 0.1) is 18.8 Å². The second-order valence-corrected chi connectivity index (χ2v) is 13.7. The van der Waals surface area contributed by atoms with E-state index in [2.05, 4.69) is 45.5 Å². The highest BCUT2D eigenvalue weighted by Gasteiger charge is 2.60. The SMILES string of the molecule is Cc1nc2c(s1)[C@@]1(C[NH2+]C[C@H]1C(=O)N1CC[C@@H](c3ccccc3)C[C@H]1C1CCCCC1)C[NH+](CC(F)(F)F)C2. The van der Waals surface area contributed by atoms with E-state index in [1.165, 1.54) is 37.7 Å². The third-order valence-corrected chi connectivity index (χ3v) is 11.2. The molecule has 6 rings (SSSR count). The van der Waals surface area contributed by atoms with Gasteiger partial charge >= 0.3 is 6.18 Å². The molecule has 5 nitrogen and oxygen atoms in total. The predicted octanol–water partition coefficient (Wildman–Crippen LogP) is 3.20. The number of benzene rings is 1. The van der Waals surface area contributed by atoms with E-state index in [9.17, 15) is 18.0 Å². The van der Waals surface area contributed by atoms with Crippen molar-refractivity contribution >= 4 is 17.2 Å². The number of halogens is 3. The van der Waals surface area contributed by atoms with E-state index in [1.54, 1.807) is 11.3 Å². The van der Waals surface area contributed by atoms with Gasteiger partial charge in [-0.25, -0.2) is 4.98 Å².